The topological polar surface area (TPSA) is 76.0 Å². The molecule has 2 heterocycles. The summed E-state index contributed by atoms with van der Waals surface area (Å²) in [6, 6.07) is 2.03. The van der Waals surface area contributed by atoms with Gasteiger partial charge in [0.2, 0.25) is 0 Å². The first-order chi connectivity index (χ1) is 7.33. The highest BCUT2D eigenvalue weighted by molar-refractivity contribution is 5.31. The average molecular weight is 203 g/mol. The van der Waals surface area contributed by atoms with Gasteiger partial charge in [0.1, 0.15) is 0 Å². The van der Waals surface area contributed by atoms with E-state index in [0.717, 1.165) is 0 Å². The SMILES string of the molecule is N#CCCCn1nc2cnccn2c1=O. The summed E-state index contributed by atoms with van der Waals surface area (Å²) in [5, 5.41) is 12.5. The van der Waals surface area contributed by atoms with Gasteiger partial charge in [0.05, 0.1) is 12.3 Å². The summed E-state index contributed by atoms with van der Waals surface area (Å²) in [5.74, 6) is 0. The Morgan fingerprint density at radius 2 is 2.40 bits per heavy atom. The minimum Gasteiger partial charge on any atom is -0.259 e. The van der Waals surface area contributed by atoms with Gasteiger partial charge in [-0.05, 0) is 6.42 Å². The van der Waals surface area contributed by atoms with Crippen molar-refractivity contribution >= 4 is 5.65 Å². The smallest absolute Gasteiger partial charge is 0.259 e. The molecule has 0 saturated heterocycles. The number of hydrogen-bond acceptors (Lipinski definition) is 4. The van der Waals surface area contributed by atoms with E-state index in [1.165, 1.54) is 21.5 Å². The minimum atomic E-state index is -0.190. The average Bonchev–Trinajstić information content (AvgIpc) is 2.57. The predicted molar refractivity (Wildman–Crippen MR) is 52.1 cm³/mol. The maximum atomic E-state index is 11.7. The number of nitriles is 1. The maximum absolute atomic E-state index is 11.7. The summed E-state index contributed by atoms with van der Waals surface area (Å²) in [7, 11) is 0. The van der Waals surface area contributed by atoms with Crippen molar-refractivity contribution in [1.29, 1.82) is 5.26 Å². The summed E-state index contributed by atoms with van der Waals surface area (Å²) in [4.78, 5) is 15.6. The highest BCUT2D eigenvalue weighted by Gasteiger charge is 2.04. The van der Waals surface area contributed by atoms with Gasteiger partial charge in [-0.1, -0.05) is 0 Å². The Bertz CT molecular complexity index is 562. The molecule has 0 aliphatic heterocycles. The van der Waals surface area contributed by atoms with E-state index in [1.807, 2.05) is 6.07 Å². The number of nitrogens with zero attached hydrogens (tertiary/aromatic N) is 5. The zero-order valence-electron chi connectivity index (χ0n) is 8.00. The number of unbranched alkanes of at least 4 members (excludes halogenated alkanes) is 1. The summed E-state index contributed by atoms with van der Waals surface area (Å²) < 4.78 is 2.79. The molecule has 0 amide bonds. The van der Waals surface area contributed by atoms with Crippen LogP contribution < -0.4 is 5.69 Å². The van der Waals surface area contributed by atoms with Crippen LogP contribution in [0.25, 0.3) is 5.65 Å². The van der Waals surface area contributed by atoms with Crippen molar-refractivity contribution in [2.75, 3.05) is 0 Å². The van der Waals surface area contributed by atoms with E-state index >= 15 is 0 Å². The number of rotatable bonds is 3. The molecule has 0 aromatic carbocycles. The first-order valence-corrected chi connectivity index (χ1v) is 4.59. The second-order valence-electron chi connectivity index (χ2n) is 3.07. The molecular weight excluding hydrogens is 194 g/mol. The van der Waals surface area contributed by atoms with Crippen molar-refractivity contribution in [1.82, 2.24) is 19.2 Å². The van der Waals surface area contributed by atoms with Crippen LogP contribution in [-0.4, -0.2) is 19.2 Å². The first kappa shape index (κ1) is 9.40. The molecule has 0 fully saturated rings. The van der Waals surface area contributed by atoms with E-state index in [-0.39, 0.29) is 5.69 Å². The molecule has 2 aromatic heterocycles. The third kappa shape index (κ3) is 1.72. The normalized spacial score (nSPS) is 10.3. The molecule has 0 spiro atoms. The van der Waals surface area contributed by atoms with Crippen molar-refractivity contribution in [2.24, 2.45) is 0 Å². The highest BCUT2D eigenvalue weighted by Crippen LogP contribution is 1.94. The third-order valence-corrected chi connectivity index (χ3v) is 2.05. The lowest BCUT2D eigenvalue weighted by Crippen LogP contribution is -2.21. The van der Waals surface area contributed by atoms with Crippen LogP contribution >= 0.6 is 0 Å². The Hall–Kier alpha value is -2.16. The fourth-order valence-corrected chi connectivity index (χ4v) is 1.33. The summed E-state index contributed by atoms with van der Waals surface area (Å²) in [5.41, 5.74) is 0.338. The van der Waals surface area contributed by atoms with E-state index in [4.69, 9.17) is 5.26 Å². The standard InChI is InChI=1S/C9H9N5O/c10-3-1-2-5-14-9(15)13-6-4-11-7-8(13)12-14/h4,6-7H,1-2,5H2. The van der Waals surface area contributed by atoms with Crippen molar-refractivity contribution < 1.29 is 0 Å². The van der Waals surface area contributed by atoms with E-state index < -0.39 is 0 Å². The van der Waals surface area contributed by atoms with Crippen molar-refractivity contribution in [2.45, 2.75) is 19.4 Å². The molecule has 0 radical (unpaired) electrons. The molecule has 2 rings (SSSR count). The van der Waals surface area contributed by atoms with Crippen LogP contribution in [0.3, 0.4) is 0 Å². The Balaban J connectivity index is 2.33. The van der Waals surface area contributed by atoms with Crippen molar-refractivity contribution in [3.8, 4) is 6.07 Å². The van der Waals surface area contributed by atoms with Gasteiger partial charge in [-0.25, -0.2) is 13.9 Å². The van der Waals surface area contributed by atoms with Gasteiger partial charge in [0, 0.05) is 25.4 Å². The summed E-state index contributed by atoms with van der Waals surface area (Å²) in [6.07, 6.45) is 5.70. The molecular formula is C9H9N5O. The maximum Gasteiger partial charge on any atom is 0.350 e. The second kappa shape index (κ2) is 3.92. The van der Waals surface area contributed by atoms with Crippen LogP contribution in [0.1, 0.15) is 12.8 Å². The van der Waals surface area contributed by atoms with Crippen LogP contribution in [-0.2, 0) is 6.54 Å². The van der Waals surface area contributed by atoms with E-state index in [9.17, 15) is 4.79 Å². The molecule has 6 heteroatoms. The zero-order chi connectivity index (χ0) is 10.7. The molecule has 0 atom stereocenters. The van der Waals surface area contributed by atoms with E-state index in [0.29, 0.717) is 25.0 Å². The lowest BCUT2D eigenvalue weighted by Gasteiger charge is -1.93. The quantitative estimate of drug-likeness (QED) is 0.667. The molecule has 0 saturated carbocycles. The number of aryl methyl sites for hydroxylation is 1. The number of aromatic nitrogens is 4. The lowest BCUT2D eigenvalue weighted by atomic mass is 10.3. The Labute approximate surface area is 85.4 Å². The van der Waals surface area contributed by atoms with Gasteiger partial charge >= 0.3 is 5.69 Å². The van der Waals surface area contributed by atoms with Crippen LogP contribution in [0.15, 0.2) is 23.4 Å². The Morgan fingerprint density at radius 3 is 3.13 bits per heavy atom. The second-order valence-corrected chi connectivity index (χ2v) is 3.07. The first-order valence-electron chi connectivity index (χ1n) is 4.59. The molecule has 0 aliphatic rings. The monoisotopic (exact) mass is 203 g/mol. The molecule has 0 bridgehead atoms. The largest absolute Gasteiger partial charge is 0.350 e. The van der Waals surface area contributed by atoms with Crippen molar-refractivity contribution in [3.63, 3.8) is 0 Å². The molecule has 6 nitrogen and oxygen atoms in total. The third-order valence-electron chi connectivity index (χ3n) is 2.05. The molecule has 15 heavy (non-hydrogen) atoms. The van der Waals surface area contributed by atoms with Gasteiger partial charge in [-0.15, -0.1) is 5.10 Å². The van der Waals surface area contributed by atoms with Gasteiger partial charge < -0.3 is 0 Å². The van der Waals surface area contributed by atoms with Crippen LogP contribution in [0.2, 0.25) is 0 Å². The van der Waals surface area contributed by atoms with Gasteiger partial charge in [0.25, 0.3) is 0 Å². The van der Waals surface area contributed by atoms with Crippen LogP contribution in [0, 0.1) is 11.3 Å². The van der Waals surface area contributed by atoms with Gasteiger partial charge in [-0.3, -0.25) is 4.98 Å². The Kier molecular flexibility index (Phi) is 2.46. The van der Waals surface area contributed by atoms with E-state index in [2.05, 4.69) is 10.1 Å². The van der Waals surface area contributed by atoms with E-state index in [1.54, 1.807) is 6.20 Å². The van der Waals surface area contributed by atoms with Gasteiger partial charge in [0.15, 0.2) is 5.65 Å². The molecule has 0 unspecified atom stereocenters. The summed E-state index contributed by atoms with van der Waals surface area (Å²) >= 11 is 0. The fourth-order valence-electron chi connectivity index (χ4n) is 1.33. The van der Waals surface area contributed by atoms with Crippen molar-refractivity contribution in [3.05, 3.63) is 29.1 Å². The zero-order valence-corrected chi connectivity index (χ0v) is 8.00. The highest BCUT2D eigenvalue weighted by atomic mass is 16.2. The minimum absolute atomic E-state index is 0.190. The number of hydrogen-bond donors (Lipinski definition) is 0. The van der Waals surface area contributed by atoms with Crippen LogP contribution in [0.5, 0.6) is 0 Å². The van der Waals surface area contributed by atoms with Gasteiger partial charge in [-0.2, -0.15) is 5.26 Å². The molecule has 2 aromatic rings. The van der Waals surface area contributed by atoms with Crippen LogP contribution in [0.4, 0.5) is 0 Å². The summed E-state index contributed by atoms with van der Waals surface area (Å²) in [6.45, 7) is 0.466. The molecule has 76 valence electrons. The lowest BCUT2D eigenvalue weighted by molar-refractivity contribution is 0.567. The Morgan fingerprint density at radius 1 is 1.53 bits per heavy atom. The number of fused-ring (bicyclic) bond motifs is 1. The predicted octanol–water partition coefficient (Wildman–Crippen LogP) is 0.195. The molecule has 0 aliphatic carbocycles. The molecule has 0 N–H and O–H groups in total. The fraction of sp³-hybridized carbons (Fsp3) is 0.333.